The number of carbonyl (C=O) groups is 2. The van der Waals surface area contributed by atoms with Crippen molar-refractivity contribution < 1.29 is 14.3 Å². The van der Waals surface area contributed by atoms with Crippen molar-refractivity contribution in [3.63, 3.8) is 0 Å². The number of hydrogen-bond donors (Lipinski definition) is 2. The molecular weight excluding hydrogens is 372 g/mol. The van der Waals surface area contributed by atoms with E-state index in [1.807, 2.05) is 6.26 Å². The number of benzene rings is 2. The van der Waals surface area contributed by atoms with Crippen LogP contribution < -0.4 is 15.4 Å². The van der Waals surface area contributed by atoms with Gasteiger partial charge in [0.25, 0.3) is 5.91 Å². The molecule has 1 atom stereocenters. The van der Waals surface area contributed by atoms with Crippen LogP contribution in [0, 0.1) is 0 Å². The first-order valence-corrected chi connectivity index (χ1v) is 9.81. The molecule has 2 amide bonds. The quantitative estimate of drug-likeness (QED) is 0.716. The molecule has 0 aliphatic heterocycles. The number of para-hydroxylation sites is 1. The zero-order chi connectivity index (χ0) is 18.9. The number of rotatable bonds is 8. The number of anilines is 1. The summed E-state index contributed by atoms with van der Waals surface area (Å²) in [6, 6.07) is 13.1. The Morgan fingerprint density at radius 3 is 2.46 bits per heavy atom. The van der Waals surface area contributed by atoms with Gasteiger partial charge in [-0.3, -0.25) is 9.59 Å². The van der Waals surface area contributed by atoms with Crippen LogP contribution >= 0.6 is 23.4 Å². The second kappa shape index (κ2) is 10.1. The van der Waals surface area contributed by atoms with Crippen LogP contribution in [0.15, 0.2) is 48.5 Å². The van der Waals surface area contributed by atoms with Crippen LogP contribution in [0.4, 0.5) is 5.69 Å². The van der Waals surface area contributed by atoms with Gasteiger partial charge in [0.1, 0.15) is 11.8 Å². The first-order chi connectivity index (χ1) is 12.5. The van der Waals surface area contributed by atoms with E-state index >= 15 is 0 Å². The molecule has 2 aromatic rings. The molecule has 0 radical (unpaired) electrons. The van der Waals surface area contributed by atoms with Crippen LogP contribution in [0.5, 0.6) is 5.75 Å². The smallest absolute Gasteiger partial charge is 0.251 e. The molecule has 0 saturated heterocycles. The molecule has 0 unspecified atom stereocenters. The predicted octanol–water partition coefficient (Wildman–Crippen LogP) is 3.84. The Hall–Kier alpha value is -2.18. The van der Waals surface area contributed by atoms with Crippen LogP contribution in [0.2, 0.25) is 5.02 Å². The Bertz CT molecular complexity index is 753. The maximum atomic E-state index is 12.6. The topological polar surface area (TPSA) is 67.4 Å². The summed E-state index contributed by atoms with van der Waals surface area (Å²) in [4.78, 5) is 25.1. The van der Waals surface area contributed by atoms with Crippen molar-refractivity contribution in [3.8, 4) is 5.75 Å². The summed E-state index contributed by atoms with van der Waals surface area (Å²) >= 11 is 7.70. The Balaban J connectivity index is 2.08. The lowest BCUT2D eigenvalue weighted by Gasteiger charge is -2.19. The van der Waals surface area contributed by atoms with Gasteiger partial charge in [-0.05, 0) is 54.8 Å². The number of carbonyl (C=O) groups excluding carboxylic acids is 2. The summed E-state index contributed by atoms with van der Waals surface area (Å²) in [6.07, 6.45) is 2.47. The van der Waals surface area contributed by atoms with Gasteiger partial charge in [0.05, 0.1) is 17.8 Å². The Kier molecular flexibility index (Phi) is 7.81. The molecule has 0 aliphatic rings. The first kappa shape index (κ1) is 20.1. The number of thioether (sulfide) groups is 1. The van der Waals surface area contributed by atoms with E-state index < -0.39 is 6.04 Å². The minimum absolute atomic E-state index is 0.297. The maximum absolute atomic E-state index is 12.6. The van der Waals surface area contributed by atoms with E-state index in [0.29, 0.717) is 28.4 Å². The third-order valence-corrected chi connectivity index (χ3v) is 4.69. The Morgan fingerprint density at radius 2 is 1.85 bits per heavy atom. The number of nitrogens with one attached hydrogen (secondary N) is 2. The molecule has 26 heavy (non-hydrogen) atoms. The molecule has 0 spiro atoms. The number of hydrogen-bond acceptors (Lipinski definition) is 4. The number of amides is 2. The zero-order valence-corrected chi connectivity index (χ0v) is 16.2. The van der Waals surface area contributed by atoms with Gasteiger partial charge in [-0.1, -0.05) is 23.7 Å². The SMILES string of the molecule is COc1ccc(C(=O)N[C@H](CCSC)C(=O)Nc2ccccc2Cl)cc1. The van der Waals surface area contributed by atoms with Gasteiger partial charge in [-0.25, -0.2) is 0 Å². The van der Waals surface area contributed by atoms with Crippen molar-refractivity contribution in [3.05, 3.63) is 59.1 Å². The predicted molar refractivity (Wildman–Crippen MR) is 107 cm³/mol. The molecule has 2 aromatic carbocycles. The molecule has 5 nitrogen and oxygen atoms in total. The fraction of sp³-hybridized carbons (Fsp3) is 0.263. The van der Waals surface area contributed by atoms with Crippen LogP contribution in [0.25, 0.3) is 0 Å². The van der Waals surface area contributed by atoms with Gasteiger partial charge in [0, 0.05) is 5.56 Å². The third-order valence-electron chi connectivity index (χ3n) is 3.72. The summed E-state index contributed by atoms with van der Waals surface area (Å²) in [5.74, 6) is 0.794. The zero-order valence-electron chi connectivity index (χ0n) is 14.6. The van der Waals surface area contributed by atoms with E-state index in [4.69, 9.17) is 16.3 Å². The summed E-state index contributed by atoms with van der Waals surface area (Å²) in [6.45, 7) is 0. The lowest BCUT2D eigenvalue weighted by atomic mass is 10.1. The van der Waals surface area contributed by atoms with Crippen LogP contribution in [-0.2, 0) is 4.79 Å². The highest BCUT2D eigenvalue weighted by Crippen LogP contribution is 2.21. The van der Waals surface area contributed by atoms with Crippen molar-refractivity contribution in [2.45, 2.75) is 12.5 Å². The number of methoxy groups -OCH3 is 1. The fourth-order valence-corrected chi connectivity index (χ4v) is 2.93. The third kappa shape index (κ3) is 5.68. The molecule has 0 aromatic heterocycles. The highest BCUT2D eigenvalue weighted by Gasteiger charge is 2.22. The largest absolute Gasteiger partial charge is 0.497 e. The number of halogens is 1. The van der Waals surface area contributed by atoms with E-state index in [-0.39, 0.29) is 11.8 Å². The second-order valence-corrected chi connectivity index (χ2v) is 6.90. The molecule has 7 heteroatoms. The van der Waals surface area contributed by atoms with E-state index in [1.165, 1.54) is 0 Å². The van der Waals surface area contributed by atoms with Gasteiger partial charge < -0.3 is 15.4 Å². The molecule has 0 aliphatic carbocycles. The van der Waals surface area contributed by atoms with E-state index in [9.17, 15) is 9.59 Å². The minimum Gasteiger partial charge on any atom is -0.497 e. The number of ether oxygens (including phenoxy) is 1. The summed E-state index contributed by atoms with van der Waals surface area (Å²) in [5, 5.41) is 6.03. The monoisotopic (exact) mass is 392 g/mol. The average Bonchev–Trinajstić information content (AvgIpc) is 2.66. The molecule has 0 saturated carbocycles. The van der Waals surface area contributed by atoms with Crippen molar-refractivity contribution in [1.29, 1.82) is 0 Å². The Morgan fingerprint density at radius 1 is 1.15 bits per heavy atom. The normalized spacial score (nSPS) is 11.5. The van der Waals surface area contributed by atoms with E-state index in [0.717, 1.165) is 5.75 Å². The molecule has 0 heterocycles. The van der Waals surface area contributed by atoms with Gasteiger partial charge in [0.15, 0.2) is 0 Å². The molecule has 0 bridgehead atoms. The van der Waals surface area contributed by atoms with Crippen molar-refractivity contribution in [2.24, 2.45) is 0 Å². The van der Waals surface area contributed by atoms with Crippen LogP contribution in [0.1, 0.15) is 16.8 Å². The molecular formula is C19H21ClN2O3S. The van der Waals surface area contributed by atoms with Crippen LogP contribution in [0.3, 0.4) is 0 Å². The van der Waals surface area contributed by atoms with E-state index in [2.05, 4.69) is 10.6 Å². The lowest BCUT2D eigenvalue weighted by molar-refractivity contribution is -0.118. The first-order valence-electron chi connectivity index (χ1n) is 8.04. The Labute approximate surface area is 162 Å². The van der Waals surface area contributed by atoms with Gasteiger partial charge in [-0.15, -0.1) is 0 Å². The lowest BCUT2D eigenvalue weighted by Crippen LogP contribution is -2.44. The minimum atomic E-state index is -0.659. The summed E-state index contributed by atoms with van der Waals surface area (Å²) in [7, 11) is 1.56. The van der Waals surface area contributed by atoms with Crippen molar-refractivity contribution in [1.82, 2.24) is 5.32 Å². The highest BCUT2D eigenvalue weighted by molar-refractivity contribution is 7.98. The van der Waals surface area contributed by atoms with Gasteiger partial charge in [0.2, 0.25) is 5.91 Å². The van der Waals surface area contributed by atoms with Crippen molar-refractivity contribution >= 4 is 40.9 Å². The molecule has 0 fully saturated rings. The average molecular weight is 393 g/mol. The van der Waals surface area contributed by atoms with Gasteiger partial charge in [-0.2, -0.15) is 11.8 Å². The fourth-order valence-electron chi connectivity index (χ4n) is 2.27. The van der Waals surface area contributed by atoms with Crippen LogP contribution in [-0.4, -0.2) is 37.0 Å². The van der Waals surface area contributed by atoms with Gasteiger partial charge >= 0.3 is 0 Å². The molecule has 138 valence electrons. The second-order valence-electron chi connectivity index (χ2n) is 5.51. The maximum Gasteiger partial charge on any atom is 0.251 e. The van der Waals surface area contributed by atoms with Crippen molar-refractivity contribution in [2.75, 3.05) is 24.4 Å². The standard InChI is InChI=1S/C19H21ClN2O3S/c1-25-14-9-7-13(8-10-14)18(23)22-17(11-12-26-2)19(24)21-16-6-4-3-5-15(16)20/h3-10,17H,11-12H2,1-2H3,(H,21,24)(H,22,23)/t17-/m1/s1. The molecule has 2 N–H and O–H groups in total. The summed E-state index contributed by atoms with van der Waals surface area (Å²) in [5.41, 5.74) is 0.984. The molecule has 2 rings (SSSR count). The summed E-state index contributed by atoms with van der Waals surface area (Å²) < 4.78 is 5.09. The van der Waals surface area contributed by atoms with E-state index in [1.54, 1.807) is 67.4 Å². The highest BCUT2D eigenvalue weighted by atomic mass is 35.5.